The van der Waals surface area contributed by atoms with Crippen molar-refractivity contribution in [1.29, 1.82) is 0 Å². The Morgan fingerprint density at radius 2 is 2.10 bits per heavy atom. The minimum absolute atomic E-state index is 0.0523. The molecule has 2 nitrogen and oxygen atoms in total. The molecule has 2 rings (SSSR count). The summed E-state index contributed by atoms with van der Waals surface area (Å²) < 4.78 is 27.6. The summed E-state index contributed by atoms with van der Waals surface area (Å²) in [6.07, 6.45) is 1.88. The Bertz CT molecular complexity index is 448. The normalized spacial score (nSPS) is 24.3. The van der Waals surface area contributed by atoms with Crippen LogP contribution in [-0.4, -0.2) is 30.1 Å². The maximum atomic E-state index is 14.1. The summed E-state index contributed by atoms with van der Waals surface area (Å²) in [6.45, 7) is 8.11. The first-order valence-corrected chi connectivity index (χ1v) is 7.47. The number of piperidine rings is 1. The Balaban J connectivity index is 2.29. The fraction of sp³-hybridized carbons (Fsp3) is 0.625. The van der Waals surface area contributed by atoms with Gasteiger partial charge in [-0.25, -0.2) is 8.78 Å². The van der Waals surface area contributed by atoms with Crippen molar-refractivity contribution in [3.05, 3.63) is 35.4 Å². The van der Waals surface area contributed by atoms with Crippen molar-refractivity contribution in [2.75, 3.05) is 13.1 Å². The zero-order chi connectivity index (χ0) is 14.7. The Kier molecular flexibility index (Phi) is 5.11. The lowest BCUT2D eigenvalue weighted by molar-refractivity contribution is 0.0902. The summed E-state index contributed by atoms with van der Waals surface area (Å²) in [6, 6.07) is 5.15. The first-order valence-electron chi connectivity index (χ1n) is 7.47. The van der Waals surface area contributed by atoms with E-state index in [-0.39, 0.29) is 6.04 Å². The van der Waals surface area contributed by atoms with E-state index in [9.17, 15) is 8.78 Å². The van der Waals surface area contributed by atoms with Crippen LogP contribution in [0.4, 0.5) is 8.78 Å². The second-order valence-electron chi connectivity index (χ2n) is 5.77. The molecule has 1 aliphatic rings. The van der Waals surface area contributed by atoms with Crippen LogP contribution in [0.5, 0.6) is 0 Å². The molecule has 1 N–H and O–H groups in total. The van der Waals surface area contributed by atoms with E-state index >= 15 is 0 Å². The van der Waals surface area contributed by atoms with E-state index in [1.807, 2.05) is 0 Å². The van der Waals surface area contributed by atoms with Crippen molar-refractivity contribution in [2.45, 2.75) is 51.7 Å². The number of benzene rings is 1. The number of hydrogen-bond acceptors (Lipinski definition) is 2. The van der Waals surface area contributed by atoms with E-state index in [0.717, 1.165) is 25.9 Å². The lowest BCUT2D eigenvalue weighted by Crippen LogP contribution is -2.47. The van der Waals surface area contributed by atoms with E-state index in [0.29, 0.717) is 17.6 Å². The Hall–Kier alpha value is -1.00. The van der Waals surface area contributed by atoms with Gasteiger partial charge in [-0.3, -0.25) is 4.90 Å². The lowest BCUT2D eigenvalue weighted by atomic mass is 9.90. The lowest BCUT2D eigenvalue weighted by Gasteiger charge is -2.42. The predicted molar refractivity (Wildman–Crippen MR) is 77.6 cm³/mol. The maximum Gasteiger partial charge on any atom is 0.163 e. The van der Waals surface area contributed by atoms with Crippen LogP contribution in [0.2, 0.25) is 0 Å². The summed E-state index contributed by atoms with van der Waals surface area (Å²) in [5.41, 5.74) is 0.487. The third-order valence-electron chi connectivity index (χ3n) is 4.14. The van der Waals surface area contributed by atoms with Crippen molar-refractivity contribution in [2.24, 2.45) is 0 Å². The van der Waals surface area contributed by atoms with Crippen molar-refractivity contribution in [3.63, 3.8) is 0 Å². The molecule has 1 saturated heterocycles. The number of halogens is 2. The molecular weight excluding hydrogens is 258 g/mol. The van der Waals surface area contributed by atoms with Gasteiger partial charge in [-0.15, -0.1) is 0 Å². The van der Waals surface area contributed by atoms with Gasteiger partial charge in [0.25, 0.3) is 0 Å². The highest BCUT2D eigenvalue weighted by molar-refractivity contribution is 5.23. The molecule has 0 saturated carbocycles. The van der Waals surface area contributed by atoms with Gasteiger partial charge in [0, 0.05) is 30.2 Å². The quantitative estimate of drug-likeness (QED) is 0.909. The molecule has 1 aromatic rings. The van der Waals surface area contributed by atoms with Gasteiger partial charge in [0.15, 0.2) is 11.6 Å². The van der Waals surface area contributed by atoms with E-state index in [4.69, 9.17) is 0 Å². The van der Waals surface area contributed by atoms with E-state index in [2.05, 4.69) is 31.0 Å². The van der Waals surface area contributed by atoms with Gasteiger partial charge in [-0.2, -0.15) is 0 Å². The van der Waals surface area contributed by atoms with Crippen LogP contribution in [-0.2, 0) is 0 Å². The fourth-order valence-corrected chi connectivity index (χ4v) is 3.16. The standard InChI is InChI=1S/C16H24F2N2/c1-4-19-12-8-9-20(11(2)3)15(10-12)13-6-5-7-14(17)16(13)18/h5-7,11-12,15,19H,4,8-10H2,1-3H3/t12-,15+/m1/s1. The van der Waals surface area contributed by atoms with Gasteiger partial charge in [0.1, 0.15) is 0 Å². The SMILES string of the molecule is CCN[C@@H]1CCN(C(C)C)[C@H](c2cccc(F)c2F)C1. The zero-order valence-corrected chi connectivity index (χ0v) is 12.5. The topological polar surface area (TPSA) is 15.3 Å². The maximum absolute atomic E-state index is 14.1. The molecular formula is C16H24F2N2. The number of likely N-dealkylation sites (tertiary alicyclic amines) is 1. The largest absolute Gasteiger partial charge is 0.314 e. The van der Waals surface area contributed by atoms with E-state index in [1.165, 1.54) is 6.07 Å². The number of rotatable bonds is 4. The number of nitrogens with one attached hydrogen (secondary N) is 1. The summed E-state index contributed by atoms with van der Waals surface area (Å²) in [5, 5.41) is 3.43. The third-order valence-corrected chi connectivity index (χ3v) is 4.14. The van der Waals surface area contributed by atoms with Gasteiger partial charge in [0.05, 0.1) is 0 Å². The molecule has 0 bridgehead atoms. The highest BCUT2D eigenvalue weighted by Crippen LogP contribution is 2.34. The van der Waals surface area contributed by atoms with Gasteiger partial charge in [0.2, 0.25) is 0 Å². The highest BCUT2D eigenvalue weighted by atomic mass is 19.2. The van der Waals surface area contributed by atoms with Gasteiger partial charge < -0.3 is 5.32 Å². The summed E-state index contributed by atoms with van der Waals surface area (Å²) in [7, 11) is 0. The Morgan fingerprint density at radius 3 is 2.75 bits per heavy atom. The highest BCUT2D eigenvalue weighted by Gasteiger charge is 2.32. The molecule has 0 spiro atoms. The Labute approximate surface area is 120 Å². The monoisotopic (exact) mass is 282 g/mol. The van der Waals surface area contributed by atoms with Crippen LogP contribution in [0.15, 0.2) is 18.2 Å². The Morgan fingerprint density at radius 1 is 1.35 bits per heavy atom. The first-order chi connectivity index (χ1) is 9.54. The first kappa shape index (κ1) is 15.4. The average Bonchev–Trinajstić information content (AvgIpc) is 2.42. The average molecular weight is 282 g/mol. The third kappa shape index (κ3) is 3.18. The van der Waals surface area contributed by atoms with Crippen molar-refractivity contribution < 1.29 is 8.78 Å². The predicted octanol–water partition coefficient (Wildman–Crippen LogP) is 3.49. The molecule has 112 valence electrons. The molecule has 2 atom stereocenters. The number of hydrogen-bond donors (Lipinski definition) is 1. The van der Waals surface area contributed by atoms with Crippen LogP contribution in [0.1, 0.15) is 45.2 Å². The molecule has 1 fully saturated rings. The second-order valence-corrected chi connectivity index (χ2v) is 5.77. The minimum atomic E-state index is -0.753. The molecule has 0 amide bonds. The fourth-order valence-electron chi connectivity index (χ4n) is 3.16. The van der Waals surface area contributed by atoms with E-state index in [1.54, 1.807) is 12.1 Å². The molecule has 20 heavy (non-hydrogen) atoms. The summed E-state index contributed by atoms with van der Waals surface area (Å²) >= 11 is 0. The van der Waals surface area contributed by atoms with Crippen LogP contribution >= 0.6 is 0 Å². The molecule has 0 aliphatic carbocycles. The van der Waals surface area contributed by atoms with Crippen molar-refractivity contribution >= 4 is 0 Å². The minimum Gasteiger partial charge on any atom is -0.314 e. The molecule has 0 radical (unpaired) electrons. The van der Waals surface area contributed by atoms with Crippen molar-refractivity contribution in [3.8, 4) is 0 Å². The molecule has 1 aliphatic heterocycles. The van der Waals surface area contributed by atoms with Crippen LogP contribution in [0.25, 0.3) is 0 Å². The molecule has 1 aromatic carbocycles. The second kappa shape index (κ2) is 6.64. The molecule has 4 heteroatoms. The van der Waals surface area contributed by atoms with E-state index < -0.39 is 11.6 Å². The molecule has 0 aromatic heterocycles. The van der Waals surface area contributed by atoms with Crippen molar-refractivity contribution in [1.82, 2.24) is 10.2 Å². The molecule has 1 heterocycles. The smallest absolute Gasteiger partial charge is 0.163 e. The van der Waals surface area contributed by atoms with Gasteiger partial charge >= 0.3 is 0 Å². The van der Waals surface area contributed by atoms with Crippen LogP contribution < -0.4 is 5.32 Å². The van der Waals surface area contributed by atoms with Gasteiger partial charge in [-0.1, -0.05) is 19.1 Å². The summed E-state index contributed by atoms with van der Waals surface area (Å²) in [5.74, 6) is -1.45. The molecule has 0 unspecified atom stereocenters. The summed E-state index contributed by atoms with van der Waals surface area (Å²) in [4.78, 5) is 2.27. The zero-order valence-electron chi connectivity index (χ0n) is 12.5. The van der Waals surface area contributed by atoms with Crippen LogP contribution in [0.3, 0.4) is 0 Å². The van der Waals surface area contributed by atoms with Gasteiger partial charge in [-0.05, 0) is 39.3 Å². The number of nitrogens with zero attached hydrogens (tertiary/aromatic N) is 1. The van der Waals surface area contributed by atoms with Crippen LogP contribution in [0, 0.1) is 11.6 Å².